The van der Waals surface area contributed by atoms with Gasteiger partial charge in [-0.05, 0) is 0 Å². The first-order valence-corrected chi connectivity index (χ1v) is 5.39. The van der Waals surface area contributed by atoms with Gasteiger partial charge in [0.1, 0.15) is 5.75 Å². The molecule has 0 aromatic rings. The highest BCUT2D eigenvalue weighted by molar-refractivity contribution is 7.92. The Labute approximate surface area is 76.6 Å². The number of sulfone groups is 1. The molecule has 6 nitrogen and oxygen atoms in total. The molecule has 7 heteroatoms. The topological polar surface area (TPSA) is 107 Å². The van der Waals surface area contributed by atoms with Crippen LogP contribution >= 0.6 is 0 Å². The molecule has 1 atom stereocenters. The maximum absolute atomic E-state index is 11.1. The lowest BCUT2D eigenvalue weighted by Gasteiger charge is -2.07. The molecule has 0 heterocycles. The predicted molar refractivity (Wildman–Crippen MR) is 45.7 cm³/mol. The van der Waals surface area contributed by atoms with Gasteiger partial charge in [0.15, 0.2) is 9.84 Å². The van der Waals surface area contributed by atoms with Crippen LogP contribution < -0.4 is 5.73 Å². The summed E-state index contributed by atoms with van der Waals surface area (Å²) in [6.45, 7) is -0.152. The summed E-state index contributed by atoms with van der Waals surface area (Å²) in [5.41, 5.74) is 5.01. The fourth-order valence-corrected chi connectivity index (χ4v) is 1.98. The largest absolute Gasteiger partial charge is 0.468 e. The van der Waals surface area contributed by atoms with Gasteiger partial charge in [0.25, 0.3) is 0 Å². The third-order valence-electron chi connectivity index (χ3n) is 1.28. The Bertz CT molecular complexity index is 260. The molecule has 0 aliphatic heterocycles. The third kappa shape index (κ3) is 5.56. The third-order valence-corrected chi connectivity index (χ3v) is 2.85. The van der Waals surface area contributed by atoms with E-state index in [2.05, 4.69) is 4.74 Å². The highest BCUT2D eigenvalue weighted by Gasteiger charge is 2.20. The number of methoxy groups -OCH3 is 1. The van der Waals surface area contributed by atoms with E-state index in [1.54, 1.807) is 0 Å². The first kappa shape index (κ1) is 12.3. The summed E-state index contributed by atoms with van der Waals surface area (Å²) in [7, 11) is -2.51. The molecular formula is C6H13NO5S. The molecule has 0 radical (unpaired) electrons. The number of carbonyl (C=O) groups excluding carboxylic acids is 1. The summed E-state index contributed by atoms with van der Waals surface area (Å²) in [5.74, 6) is -2.08. The second-order valence-electron chi connectivity index (χ2n) is 2.52. The molecule has 0 amide bonds. The van der Waals surface area contributed by atoms with Crippen molar-refractivity contribution in [2.75, 3.05) is 25.2 Å². The van der Waals surface area contributed by atoms with Crippen LogP contribution in [-0.2, 0) is 19.4 Å². The molecule has 0 spiro atoms. The lowest BCUT2D eigenvalue weighted by atomic mass is 10.4. The van der Waals surface area contributed by atoms with Crippen LogP contribution in [0, 0.1) is 0 Å². The van der Waals surface area contributed by atoms with Gasteiger partial charge < -0.3 is 15.6 Å². The van der Waals surface area contributed by atoms with Gasteiger partial charge in [0, 0.05) is 6.54 Å². The fraction of sp³-hybridized carbons (Fsp3) is 0.833. The minimum atomic E-state index is -3.61. The smallest absolute Gasteiger partial charge is 0.320 e. The number of esters is 1. The van der Waals surface area contributed by atoms with E-state index in [1.165, 1.54) is 0 Å². The Morgan fingerprint density at radius 3 is 2.54 bits per heavy atom. The molecule has 0 aliphatic carbocycles. The maximum atomic E-state index is 11.1. The van der Waals surface area contributed by atoms with Crippen LogP contribution in [0.4, 0.5) is 0 Å². The van der Waals surface area contributed by atoms with Gasteiger partial charge in [-0.3, -0.25) is 4.79 Å². The molecule has 0 aromatic heterocycles. The van der Waals surface area contributed by atoms with Gasteiger partial charge in [-0.15, -0.1) is 0 Å². The zero-order valence-corrected chi connectivity index (χ0v) is 8.08. The number of nitrogens with two attached hydrogens (primary N) is 1. The predicted octanol–water partition coefficient (Wildman–Crippen LogP) is -2.11. The standard InChI is InChI=1S/C6H13NO5S/c1-12-6(9)4-13(10,11)3-5(8)2-7/h5,8H,2-4,7H2,1H3. The molecule has 0 bridgehead atoms. The summed E-state index contributed by atoms with van der Waals surface area (Å²) in [4.78, 5) is 10.6. The van der Waals surface area contributed by atoms with Crippen molar-refractivity contribution in [1.29, 1.82) is 0 Å². The van der Waals surface area contributed by atoms with E-state index in [9.17, 15) is 13.2 Å². The summed E-state index contributed by atoms with van der Waals surface area (Å²) < 4.78 is 26.3. The SMILES string of the molecule is COC(=O)CS(=O)(=O)CC(O)CN. The average Bonchev–Trinajstić information content (AvgIpc) is 2.02. The van der Waals surface area contributed by atoms with Crippen molar-refractivity contribution >= 4 is 15.8 Å². The van der Waals surface area contributed by atoms with E-state index >= 15 is 0 Å². The molecule has 0 aliphatic rings. The number of hydrogen-bond acceptors (Lipinski definition) is 6. The zero-order chi connectivity index (χ0) is 10.5. The number of ether oxygens (including phenoxy) is 1. The molecule has 0 saturated heterocycles. The molecule has 13 heavy (non-hydrogen) atoms. The first-order chi connectivity index (χ1) is 5.91. The molecule has 0 aromatic carbocycles. The quantitative estimate of drug-likeness (QED) is 0.504. The van der Waals surface area contributed by atoms with Crippen molar-refractivity contribution in [2.24, 2.45) is 5.73 Å². The van der Waals surface area contributed by atoms with Gasteiger partial charge in [0.05, 0.1) is 19.0 Å². The van der Waals surface area contributed by atoms with E-state index in [0.717, 1.165) is 7.11 Å². The van der Waals surface area contributed by atoms with Crippen molar-refractivity contribution in [3.63, 3.8) is 0 Å². The normalized spacial score (nSPS) is 13.8. The molecule has 78 valence electrons. The van der Waals surface area contributed by atoms with Crippen molar-refractivity contribution in [3.05, 3.63) is 0 Å². The lowest BCUT2D eigenvalue weighted by molar-refractivity contribution is -0.137. The van der Waals surface area contributed by atoms with Crippen LogP contribution in [-0.4, -0.2) is 50.8 Å². The number of aliphatic hydroxyl groups excluding tert-OH is 1. The Hall–Kier alpha value is -0.660. The first-order valence-electron chi connectivity index (χ1n) is 3.56. The molecular weight excluding hydrogens is 198 g/mol. The Morgan fingerprint density at radius 2 is 2.15 bits per heavy atom. The van der Waals surface area contributed by atoms with Crippen LogP contribution in [0.3, 0.4) is 0 Å². The van der Waals surface area contributed by atoms with Gasteiger partial charge in [-0.1, -0.05) is 0 Å². The summed E-state index contributed by atoms with van der Waals surface area (Å²) >= 11 is 0. The second-order valence-corrected chi connectivity index (χ2v) is 4.63. The van der Waals surface area contributed by atoms with Crippen LogP contribution in [0.25, 0.3) is 0 Å². The highest BCUT2D eigenvalue weighted by atomic mass is 32.2. The summed E-state index contributed by atoms with van der Waals surface area (Å²) in [6.07, 6.45) is -1.13. The summed E-state index contributed by atoms with van der Waals surface area (Å²) in [5, 5.41) is 8.92. The monoisotopic (exact) mass is 211 g/mol. The molecule has 0 fully saturated rings. The van der Waals surface area contributed by atoms with E-state index in [-0.39, 0.29) is 6.54 Å². The molecule has 1 unspecified atom stereocenters. The molecule has 0 rings (SSSR count). The molecule has 3 N–H and O–H groups in total. The Morgan fingerprint density at radius 1 is 1.62 bits per heavy atom. The Balaban J connectivity index is 4.17. The average molecular weight is 211 g/mol. The minimum Gasteiger partial charge on any atom is -0.468 e. The minimum absolute atomic E-state index is 0.152. The van der Waals surface area contributed by atoms with Gasteiger partial charge >= 0.3 is 5.97 Å². The summed E-state index contributed by atoms with van der Waals surface area (Å²) in [6, 6.07) is 0. The van der Waals surface area contributed by atoms with Crippen LogP contribution in [0.5, 0.6) is 0 Å². The Kier molecular flexibility index (Phi) is 4.89. The number of hydrogen-bond donors (Lipinski definition) is 2. The van der Waals surface area contributed by atoms with Crippen LogP contribution in [0.1, 0.15) is 0 Å². The number of carbonyl (C=O) groups is 1. The second kappa shape index (κ2) is 5.15. The van der Waals surface area contributed by atoms with Crippen LogP contribution in [0.15, 0.2) is 0 Å². The van der Waals surface area contributed by atoms with Gasteiger partial charge in [-0.2, -0.15) is 0 Å². The van der Waals surface area contributed by atoms with E-state index in [1.807, 2.05) is 0 Å². The van der Waals surface area contributed by atoms with Gasteiger partial charge in [-0.25, -0.2) is 8.42 Å². The number of rotatable bonds is 5. The van der Waals surface area contributed by atoms with Crippen molar-refractivity contribution in [3.8, 4) is 0 Å². The van der Waals surface area contributed by atoms with E-state index in [4.69, 9.17) is 10.8 Å². The van der Waals surface area contributed by atoms with E-state index < -0.39 is 33.4 Å². The van der Waals surface area contributed by atoms with Crippen molar-refractivity contribution in [1.82, 2.24) is 0 Å². The number of aliphatic hydroxyl groups is 1. The lowest BCUT2D eigenvalue weighted by Crippen LogP contribution is -2.31. The highest BCUT2D eigenvalue weighted by Crippen LogP contribution is 1.95. The maximum Gasteiger partial charge on any atom is 0.320 e. The van der Waals surface area contributed by atoms with Gasteiger partial charge in [0.2, 0.25) is 0 Å². The fourth-order valence-electron chi connectivity index (χ4n) is 0.659. The van der Waals surface area contributed by atoms with E-state index in [0.29, 0.717) is 0 Å². The van der Waals surface area contributed by atoms with Crippen molar-refractivity contribution in [2.45, 2.75) is 6.10 Å². The van der Waals surface area contributed by atoms with Crippen LogP contribution in [0.2, 0.25) is 0 Å². The molecule has 0 saturated carbocycles. The zero-order valence-electron chi connectivity index (χ0n) is 7.26. The van der Waals surface area contributed by atoms with Crippen molar-refractivity contribution < 1.29 is 23.1 Å².